The minimum Gasteiger partial charge on any atom is -0.396 e. The minimum atomic E-state index is -0.432. The fraction of sp³-hybridized carbons (Fsp3) is 0.429. The van der Waals surface area contributed by atoms with E-state index in [1.165, 1.54) is 0 Å². The maximum Gasteiger partial charge on any atom is 0.315 e. The zero-order valence-electron chi connectivity index (χ0n) is 17.5. The molecule has 0 radical (unpaired) electrons. The lowest BCUT2D eigenvalue weighted by Gasteiger charge is -2.34. The van der Waals surface area contributed by atoms with Crippen molar-refractivity contribution in [2.45, 2.75) is 18.9 Å². The third-order valence-corrected chi connectivity index (χ3v) is 5.90. The summed E-state index contributed by atoms with van der Waals surface area (Å²) in [6, 6.07) is 5.97. The maximum atomic E-state index is 12.5. The smallest absolute Gasteiger partial charge is 0.315 e. The van der Waals surface area contributed by atoms with Gasteiger partial charge in [0.15, 0.2) is 0 Å². The van der Waals surface area contributed by atoms with E-state index in [0.29, 0.717) is 48.6 Å². The van der Waals surface area contributed by atoms with Crippen LogP contribution in [0.3, 0.4) is 0 Å². The Labute approximate surface area is 196 Å². The summed E-state index contributed by atoms with van der Waals surface area (Å²) in [7, 11) is 0. The Morgan fingerprint density at radius 3 is 2.47 bits per heavy atom. The molecule has 1 aromatic heterocycles. The second-order valence-electron chi connectivity index (χ2n) is 7.31. The topological polar surface area (TPSA) is 111 Å². The number of hydrogen-bond donors (Lipinski definition) is 3. The zero-order chi connectivity index (χ0) is 22.9. The Morgan fingerprint density at radius 1 is 1.09 bits per heavy atom. The predicted molar refractivity (Wildman–Crippen MR) is 123 cm³/mol. The standard InChI is InChI=1S/C21H26Cl2N6O3/c22-16-3-2-15(14-17(16)23)18(5-13-30)27-21(32)26-8-4-19(31)28-9-11-29(12-10-28)20-24-6-1-7-25-20/h1-3,6-7,14,18,30H,4-5,8-13H2,(H2,26,27,32). The van der Waals surface area contributed by atoms with Gasteiger partial charge < -0.3 is 25.5 Å². The Morgan fingerprint density at radius 2 is 1.81 bits per heavy atom. The van der Waals surface area contributed by atoms with Crippen molar-refractivity contribution in [1.82, 2.24) is 25.5 Å². The van der Waals surface area contributed by atoms with Gasteiger partial charge in [-0.05, 0) is 30.2 Å². The van der Waals surface area contributed by atoms with Crippen molar-refractivity contribution in [2.24, 2.45) is 0 Å². The second-order valence-corrected chi connectivity index (χ2v) is 8.12. The molecule has 3 rings (SSSR count). The highest BCUT2D eigenvalue weighted by molar-refractivity contribution is 6.42. The number of rotatable bonds is 8. The molecule has 9 nitrogen and oxygen atoms in total. The molecule has 1 saturated heterocycles. The van der Waals surface area contributed by atoms with Gasteiger partial charge >= 0.3 is 6.03 Å². The predicted octanol–water partition coefficient (Wildman–Crippen LogP) is 2.25. The van der Waals surface area contributed by atoms with Gasteiger partial charge in [0.05, 0.1) is 16.1 Å². The third-order valence-electron chi connectivity index (χ3n) is 5.16. The molecule has 0 aliphatic carbocycles. The fourth-order valence-electron chi connectivity index (χ4n) is 3.44. The summed E-state index contributed by atoms with van der Waals surface area (Å²) in [6.07, 6.45) is 3.92. The van der Waals surface area contributed by atoms with E-state index in [2.05, 4.69) is 20.6 Å². The van der Waals surface area contributed by atoms with Crippen molar-refractivity contribution in [3.8, 4) is 0 Å². The molecule has 32 heavy (non-hydrogen) atoms. The van der Waals surface area contributed by atoms with Gasteiger partial charge in [-0.1, -0.05) is 29.3 Å². The minimum absolute atomic E-state index is 0.0182. The summed E-state index contributed by atoms with van der Waals surface area (Å²) in [5, 5.41) is 15.6. The van der Waals surface area contributed by atoms with E-state index in [1.54, 1.807) is 41.6 Å². The summed E-state index contributed by atoms with van der Waals surface area (Å²) in [5.41, 5.74) is 0.736. The molecule has 1 unspecified atom stereocenters. The zero-order valence-corrected chi connectivity index (χ0v) is 19.0. The highest BCUT2D eigenvalue weighted by Crippen LogP contribution is 2.26. The molecule has 0 spiro atoms. The monoisotopic (exact) mass is 480 g/mol. The number of anilines is 1. The van der Waals surface area contributed by atoms with Gasteiger partial charge in [0, 0.05) is 58.1 Å². The SMILES string of the molecule is O=C(NCCC(=O)N1CCN(c2ncccn2)CC1)NC(CCO)c1ccc(Cl)c(Cl)c1. The van der Waals surface area contributed by atoms with Crippen molar-refractivity contribution >= 4 is 41.1 Å². The number of urea groups is 1. The maximum absolute atomic E-state index is 12.5. The Kier molecular flexibility index (Phi) is 8.90. The number of nitrogens with zero attached hydrogens (tertiary/aromatic N) is 4. The van der Waals surface area contributed by atoms with Crippen LogP contribution in [0.5, 0.6) is 0 Å². The van der Waals surface area contributed by atoms with Crippen LogP contribution in [0.1, 0.15) is 24.4 Å². The number of carbonyl (C=O) groups excluding carboxylic acids is 2. The lowest BCUT2D eigenvalue weighted by atomic mass is 10.0. The van der Waals surface area contributed by atoms with Crippen LogP contribution in [0.4, 0.5) is 10.7 Å². The molecule has 3 N–H and O–H groups in total. The number of piperazine rings is 1. The Balaban J connectivity index is 1.41. The van der Waals surface area contributed by atoms with Crippen LogP contribution in [0.25, 0.3) is 0 Å². The first-order chi connectivity index (χ1) is 15.5. The molecular formula is C21H26Cl2N6O3. The highest BCUT2D eigenvalue weighted by Gasteiger charge is 2.22. The summed E-state index contributed by atoms with van der Waals surface area (Å²) in [5.74, 6) is 0.646. The first-order valence-corrected chi connectivity index (χ1v) is 11.1. The van der Waals surface area contributed by atoms with Gasteiger partial charge in [0.1, 0.15) is 0 Å². The number of benzene rings is 1. The molecule has 3 amide bonds. The normalized spacial score (nSPS) is 14.7. The van der Waals surface area contributed by atoms with Crippen LogP contribution >= 0.6 is 23.2 Å². The molecule has 2 heterocycles. The average Bonchev–Trinajstić information content (AvgIpc) is 2.81. The quantitative estimate of drug-likeness (QED) is 0.534. The second kappa shape index (κ2) is 11.8. The van der Waals surface area contributed by atoms with Gasteiger partial charge in [-0.25, -0.2) is 14.8 Å². The van der Waals surface area contributed by atoms with Crippen molar-refractivity contribution < 1.29 is 14.7 Å². The van der Waals surface area contributed by atoms with Crippen molar-refractivity contribution in [3.05, 3.63) is 52.3 Å². The first-order valence-electron chi connectivity index (χ1n) is 10.4. The molecule has 2 aromatic rings. The molecule has 1 fully saturated rings. The molecule has 172 valence electrons. The third kappa shape index (κ3) is 6.69. The first kappa shape index (κ1) is 24.0. The number of nitrogens with one attached hydrogen (secondary N) is 2. The average molecular weight is 481 g/mol. The number of aliphatic hydroxyl groups excluding tert-OH is 1. The van der Waals surface area contributed by atoms with E-state index in [-0.39, 0.29) is 25.5 Å². The number of amides is 3. The van der Waals surface area contributed by atoms with Gasteiger partial charge in [-0.3, -0.25) is 4.79 Å². The van der Waals surface area contributed by atoms with Crippen LogP contribution < -0.4 is 15.5 Å². The summed E-state index contributed by atoms with van der Waals surface area (Å²) in [6.45, 7) is 2.59. The van der Waals surface area contributed by atoms with E-state index in [1.807, 2.05) is 4.90 Å². The molecule has 1 aromatic carbocycles. The molecular weight excluding hydrogens is 455 g/mol. The number of hydrogen-bond acceptors (Lipinski definition) is 6. The van der Waals surface area contributed by atoms with E-state index in [0.717, 1.165) is 5.56 Å². The van der Waals surface area contributed by atoms with Crippen LogP contribution in [-0.4, -0.2) is 71.2 Å². The molecule has 1 atom stereocenters. The van der Waals surface area contributed by atoms with Crippen LogP contribution in [0.2, 0.25) is 10.0 Å². The van der Waals surface area contributed by atoms with Crippen LogP contribution in [0, 0.1) is 0 Å². The van der Waals surface area contributed by atoms with E-state index in [4.69, 9.17) is 23.2 Å². The van der Waals surface area contributed by atoms with Crippen molar-refractivity contribution in [3.63, 3.8) is 0 Å². The van der Waals surface area contributed by atoms with Gasteiger partial charge in [-0.15, -0.1) is 0 Å². The van der Waals surface area contributed by atoms with E-state index < -0.39 is 12.1 Å². The van der Waals surface area contributed by atoms with Crippen molar-refractivity contribution in [1.29, 1.82) is 0 Å². The van der Waals surface area contributed by atoms with Gasteiger partial charge in [0.2, 0.25) is 11.9 Å². The number of aliphatic hydroxyl groups is 1. The Bertz CT molecular complexity index is 910. The molecule has 1 aliphatic heterocycles. The van der Waals surface area contributed by atoms with Gasteiger partial charge in [0.25, 0.3) is 0 Å². The summed E-state index contributed by atoms with van der Waals surface area (Å²) in [4.78, 5) is 37.1. The van der Waals surface area contributed by atoms with E-state index >= 15 is 0 Å². The summed E-state index contributed by atoms with van der Waals surface area (Å²) < 4.78 is 0. The lowest BCUT2D eigenvalue weighted by Crippen LogP contribution is -2.50. The fourth-order valence-corrected chi connectivity index (χ4v) is 3.75. The van der Waals surface area contributed by atoms with Gasteiger partial charge in [-0.2, -0.15) is 0 Å². The summed E-state index contributed by atoms with van der Waals surface area (Å²) >= 11 is 12.0. The van der Waals surface area contributed by atoms with Crippen LogP contribution in [-0.2, 0) is 4.79 Å². The molecule has 0 saturated carbocycles. The largest absolute Gasteiger partial charge is 0.396 e. The lowest BCUT2D eigenvalue weighted by molar-refractivity contribution is -0.131. The van der Waals surface area contributed by atoms with Crippen LogP contribution in [0.15, 0.2) is 36.7 Å². The molecule has 11 heteroatoms. The van der Waals surface area contributed by atoms with E-state index in [9.17, 15) is 14.7 Å². The number of carbonyl (C=O) groups is 2. The number of halogens is 2. The van der Waals surface area contributed by atoms with Crippen molar-refractivity contribution in [2.75, 3.05) is 44.2 Å². The molecule has 1 aliphatic rings. The highest BCUT2D eigenvalue weighted by atomic mass is 35.5. The Hall–Kier alpha value is -2.62. The molecule has 0 bridgehead atoms. The number of aromatic nitrogens is 2.